The average molecular weight is 371 g/mol. The Morgan fingerprint density at radius 3 is 2.61 bits per heavy atom. The van der Waals surface area contributed by atoms with Crippen LogP contribution < -0.4 is 10.6 Å². The summed E-state index contributed by atoms with van der Waals surface area (Å²) in [7, 11) is 1.70. The van der Waals surface area contributed by atoms with Crippen LogP contribution in [0.2, 0.25) is 0 Å². The lowest BCUT2D eigenvalue weighted by atomic mass is 9.89. The molecule has 1 aliphatic rings. The normalized spacial score (nSPS) is 19.4. The number of hydrogen-bond donors (Lipinski definition) is 2. The molecule has 18 heavy (non-hydrogen) atoms. The molecule has 108 valence electrons. The number of rotatable bonds is 6. The molecule has 1 rings (SSSR count). The molecule has 0 spiro atoms. The maximum Gasteiger partial charge on any atom is 0.191 e. The Morgan fingerprint density at radius 2 is 2.17 bits per heavy atom. The number of ether oxygens (including phenoxy) is 2. The van der Waals surface area contributed by atoms with Crippen molar-refractivity contribution in [2.24, 2.45) is 10.4 Å². The second kappa shape index (κ2) is 8.92. The lowest BCUT2D eigenvalue weighted by Crippen LogP contribution is -2.46. The Labute approximate surface area is 127 Å². The molecule has 0 bridgehead atoms. The third-order valence-electron chi connectivity index (χ3n) is 2.66. The van der Waals surface area contributed by atoms with Gasteiger partial charge in [0.25, 0.3) is 0 Å². The van der Waals surface area contributed by atoms with Crippen molar-refractivity contribution in [3.05, 3.63) is 0 Å². The fourth-order valence-electron chi connectivity index (χ4n) is 1.66. The summed E-state index contributed by atoms with van der Waals surface area (Å²) in [5, 5.41) is 6.55. The van der Waals surface area contributed by atoms with E-state index in [-0.39, 0.29) is 35.4 Å². The lowest BCUT2D eigenvalue weighted by Gasteiger charge is -2.36. The molecule has 0 radical (unpaired) electrons. The van der Waals surface area contributed by atoms with E-state index in [2.05, 4.69) is 36.4 Å². The van der Waals surface area contributed by atoms with E-state index in [4.69, 9.17) is 9.47 Å². The van der Waals surface area contributed by atoms with Crippen molar-refractivity contribution in [2.45, 2.75) is 26.8 Å². The molecule has 0 saturated carbocycles. The van der Waals surface area contributed by atoms with Gasteiger partial charge in [-0.1, -0.05) is 6.92 Å². The Morgan fingerprint density at radius 1 is 1.50 bits per heavy atom. The molecule has 2 N–H and O–H groups in total. The summed E-state index contributed by atoms with van der Waals surface area (Å²) in [4.78, 5) is 4.59. The van der Waals surface area contributed by atoms with Crippen molar-refractivity contribution in [2.75, 3.05) is 40.0 Å². The van der Waals surface area contributed by atoms with Crippen LogP contribution >= 0.6 is 24.0 Å². The maximum atomic E-state index is 5.22. The molecule has 1 aliphatic heterocycles. The van der Waals surface area contributed by atoms with Crippen LogP contribution in [0.15, 0.2) is 4.99 Å². The molecule has 1 heterocycles. The summed E-state index contributed by atoms with van der Waals surface area (Å²) in [6.07, 6.45) is 0. The van der Waals surface area contributed by atoms with E-state index in [9.17, 15) is 0 Å². The first kappa shape index (κ1) is 17.9. The highest BCUT2D eigenvalue weighted by molar-refractivity contribution is 14.0. The Kier molecular flexibility index (Phi) is 8.89. The smallest absolute Gasteiger partial charge is 0.191 e. The SMILES string of the molecule is CCNC(=NCC1(C)COC1)NC(C)COC.I. The van der Waals surface area contributed by atoms with Crippen LogP contribution in [0.5, 0.6) is 0 Å². The maximum absolute atomic E-state index is 5.22. The highest BCUT2D eigenvalue weighted by atomic mass is 127. The zero-order valence-electron chi connectivity index (χ0n) is 11.8. The molecule has 1 atom stereocenters. The van der Waals surface area contributed by atoms with E-state index in [1.54, 1.807) is 7.11 Å². The van der Waals surface area contributed by atoms with Gasteiger partial charge in [0.2, 0.25) is 0 Å². The minimum atomic E-state index is 0. The molecule has 1 saturated heterocycles. The first-order valence-electron chi connectivity index (χ1n) is 6.21. The van der Waals surface area contributed by atoms with Crippen molar-refractivity contribution >= 4 is 29.9 Å². The van der Waals surface area contributed by atoms with Gasteiger partial charge in [0.1, 0.15) is 0 Å². The molecule has 6 heteroatoms. The number of methoxy groups -OCH3 is 1. The third kappa shape index (κ3) is 6.19. The van der Waals surface area contributed by atoms with E-state index in [0.29, 0.717) is 6.61 Å². The molecular formula is C12H26IN3O2. The van der Waals surface area contributed by atoms with Crippen LogP contribution in [-0.2, 0) is 9.47 Å². The van der Waals surface area contributed by atoms with E-state index in [0.717, 1.165) is 32.3 Å². The van der Waals surface area contributed by atoms with E-state index < -0.39 is 0 Å². The second-order valence-corrected chi connectivity index (χ2v) is 5.00. The van der Waals surface area contributed by atoms with Crippen molar-refractivity contribution in [3.8, 4) is 0 Å². The van der Waals surface area contributed by atoms with E-state index in [1.807, 2.05) is 0 Å². The Hall–Kier alpha value is -0.0800. The number of nitrogens with one attached hydrogen (secondary N) is 2. The molecule has 5 nitrogen and oxygen atoms in total. The molecule has 0 amide bonds. The Bertz CT molecular complexity index is 258. The minimum absolute atomic E-state index is 0. The summed E-state index contributed by atoms with van der Waals surface area (Å²) in [5.41, 5.74) is 0.215. The van der Waals surface area contributed by atoms with Gasteiger partial charge in [-0.05, 0) is 13.8 Å². The number of nitrogens with zero attached hydrogens (tertiary/aromatic N) is 1. The highest BCUT2D eigenvalue weighted by Gasteiger charge is 2.33. The van der Waals surface area contributed by atoms with E-state index in [1.165, 1.54) is 0 Å². The second-order valence-electron chi connectivity index (χ2n) is 5.00. The van der Waals surface area contributed by atoms with Gasteiger partial charge < -0.3 is 20.1 Å². The van der Waals surface area contributed by atoms with Crippen LogP contribution in [-0.4, -0.2) is 52.0 Å². The van der Waals surface area contributed by atoms with Gasteiger partial charge in [-0.25, -0.2) is 0 Å². The molecule has 0 aliphatic carbocycles. The summed E-state index contributed by atoms with van der Waals surface area (Å²) < 4.78 is 10.3. The number of guanidine groups is 1. The fourth-order valence-corrected chi connectivity index (χ4v) is 1.66. The number of halogens is 1. The summed E-state index contributed by atoms with van der Waals surface area (Å²) in [6.45, 7) is 10.3. The van der Waals surface area contributed by atoms with Gasteiger partial charge in [-0.2, -0.15) is 0 Å². The van der Waals surface area contributed by atoms with Gasteiger partial charge in [-0.15, -0.1) is 24.0 Å². The first-order chi connectivity index (χ1) is 8.09. The summed E-state index contributed by atoms with van der Waals surface area (Å²) in [6, 6.07) is 0.253. The lowest BCUT2D eigenvalue weighted by molar-refractivity contribution is -0.0945. The standard InChI is InChI=1S/C12H25N3O2.HI/c1-5-13-11(15-10(2)6-16-4)14-7-12(3)8-17-9-12;/h10H,5-9H2,1-4H3,(H2,13,14,15);1H. The van der Waals surface area contributed by atoms with E-state index >= 15 is 0 Å². The molecule has 1 unspecified atom stereocenters. The van der Waals surface area contributed by atoms with Gasteiger partial charge in [-0.3, -0.25) is 4.99 Å². The zero-order valence-corrected chi connectivity index (χ0v) is 14.1. The predicted molar refractivity (Wildman–Crippen MR) is 84.8 cm³/mol. The largest absolute Gasteiger partial charge is 0.383 e. The molecule has 0 aromatic carbocycles. The number of aliphatic imine (C=N–C) groups is 1. The fraction of sp³-hybridized carbons (Fsp3) is 0.917. The monoisotopic (exact) mass is 371 g/mol. The van der Waals surface area contributed by atoms with Crippen molar-refractivity contribution < 1.29 is 9.47 Å². The van der Waals surface area contributed by atoms with Gasteiger partial charge in [0, 0.05) is 25.1 Å². The van der Waals surface area contributed by atoms with Crippen LogP contribution in [0.1, 0.15) is 20.8 Å². The molecular weight excluding hydrogens is 345 g/mol. The van der Waals surface area contributed by atoms with Gasteiger partial charge in [0.15, 0.2) is 5.96 Å². The van der Waals surface area contributed by atoms with Gasteiger partial charge in [0.05, 0.1) is 26.4 Å². The topological polar surface area (TPSA) is 54.9 Å². The molecule has 1 fully saturated rings. The van der Waals surface area contributed by atoms with Crippen LogP contribution in [0.25, 0.3) is 0 Å². The number of hydrogen-bond acceptors (Lipinski definition) is 3. The summed E-state index contributed by atoms with van der Waals surface area (Å²) in [5.74, 6) is 0.852. The molecule has 0 aromatic rings. The average Bonchev–Trinajstić information content (AvgIpc) is 2.24. The van der Waals surface area contributed by atoms with Crippen molar-refractivity contribution in [1.29, 1.82) is 0 Å². The zero-order chi connectivity index (χ0) is 12.7. The summed E-state index contributed by atoms with van der Waals surface area (Å²) >= 11 is 0. The molecule has 0 aromatic heterocycles. The third-order valence-corrected chi connectivity index (χ3v) is 2.66. The van der Waals surface area contributed by atoms with Crippen molar-refractivity contribution in [1.82, 2.24) is 10.6 Å². The van der Waals surface area contributed by atoms with Crippen LogP contribution in [0.4, 0.5) is 0 Å². The quantitative estimate of drug-likeness (QED) is 0.419. The minimum Gasteiger partial charge on any atom is -0.383 e. The van der Waals surface area contributed by atoms with Crippen molar-refractivity contribution in [3.63, 3.8) is 0 Å². The van der Waals surface area contributed by atoms with Crippen LogP contribution in [0, 0.1) is 5.41 Å². The highest BCUT2D eigenvalue weighted by Crippen LogP contribution is 2.26. The van der Waals surface area contributed by atoms with Crippen LogP contribution in [0.3, 0.4) is 0 Å². The Balaban J connectivity index is 0.00000289. The predicted octanol–water partition coefficient (Wildman–Crippen LogP) is 1.23. The first-order valence-corrected chi connectivity index (χ1v) is 6.21. The van der Waals surface area contributed by atoms with Gasteiger partial charge >= 0.3 is 0 Å².